The molecule has 3 rings (SSSR count). The predicted molar refractivity (Wildman–Crippen MR) is 97.4 cm³/mol. The van der Waals surface area contributed by atoms with Gasteiger partial charge in [-0.3, -0.25) is 9.69 Å². The standard InChI is InChI=1S/C17H20F3N5O.ClH/c18-17(19,20)15(24-10-7-21-8-11-24)12-22-16(26)13-2-4-14(5-3-13)25-9-1-6-23-25;/h1-6,9,15,21H,7-8,10-12H2,(H,22,26);1H. The number of nitrogens with zero attached hydrogens (tertiary/aromatic N) is 3. The lowest BCUT2D eigenvalue weighted by Crippen LogP contribution is -2.57. The number of rotatable bonds is 5. The maximum absolute atomic E-state index is 13.3. The largest absolute Gasteiger partial charge is 0.405 e. The molecule has 27 heavy (non-hydrogen) atoms. The van der Waals surface area contributed by atoms with Gasteiger partial charge in [-0.25, -0.2) is 4.68 Å². The summed E-state index contributed by atoms with van der Waals surface area (Å²) in [7, 11) is 0. The normalized spacial score (nSPS) is 16.4. The van der Waals surface area contributed by atoms with Gasteiger partial charge in [0, 0.05) is 50.7 Å². The lowest BCUT2D eigenvalue weighted by atomic mass is 10.1. The number of hydrogen-bond acceptors (Lipinski definition) is 4. The summed E-state index contributed by atoms with van der Waals surface area (Å²) in [5.74, 6) is -0.526. The van der Waals surface area contributed by atoms with Crippen LogP contribution in [0.15, 0.2) is 42.7 Å². The van der Waals surface area contributed by atoms with Crippen LogP contribution in [-0.4, -0.2) is 65.5 Å². The predicted octanol–water partition coefficient (Wildman–Crippen LogP) is 1.86. The first-order valence-corrected chi connectivity index (χ1v) is 8.35. The van der Waals surface area contributed by atoms with Crippen molar-refractivity contribution in [2.75, 3.05) is 32.7 Å². The second kappa shape index (κ2) is 9.20. The molecule has 0 spiro atoms. The molecule has 2 aromatic rings. The highest BCUT2D eigenvalue weighted by Crippen LogP contribution is 2.24. The van der Waals surface area contributed by atoms with Gasteiger partial charge < -0.3 is 10.6 Å². The summed E-state index contributed by atoms with van der Waals surface area (Å²) in [5, 5.41) is 9.52. The average molecular weight is 404 g/mol. The number of halogens is 4. The van der Waals surface area contributed by atoms with Gasteiger partial charge in [0.25, 0.3) is 5.91 Å². The quantitative estimate of drug-likeness (QED) is 0.800. The van der Waals surface area contributed by atoms with Crippen molar-refractivity contribution in [3.63, 3.8) is 0 Å². The van der Waals surface area contributed by atoms with Gasteiger partial charge in [-0.1, -0.05) is 0 Å². The van der Waals surface area contributed by atoms with E-state index in [4.69, 9.17) is 0 Å². The van der Waals surface area contributed by atoms with Crippen LogP contribution in [0.3, 0.4) is 0 Å². The molecular weight excluding hydrogens is 383 g/mol. The van der Waals surface area contributed by atoms with Gasteiger partial charge in [0.1, 0.15) is 6.04 Å². The van der Waals surface area contributed by atoms with E-state index in [1.165, 1.54) is 4.90 Å². The Morgan fingerprint density at radius 2 is 1.89 bits per heavy atom. The van der Waals surface area contributed by atoms with Crippen molar-refractivity contribution in [1.29, 1.82) is 0 Å². The molecule has 1 unspecified atom stereocenters. The molecule has 0 bridgehead atoms. The summed E-state index contributed by atoms with van der Waals surface area (Å²) in [5.41, 5.74) is 1.07. The minimum Gasteiger partial charge on any atom is -0.350 e. The highest BCUT2D eigenvalue weighted by molar-refractivity contribution is 5.94. The van der Waals surface area contributed by atoms with E-state index in [-0.39, 0.29) is 12.4 Å². The zero-order valence-corrected chi connectivity index (χ0v) is 15.3. The molecule has 2 N–H and O–H groups in total. The maximum atomic E-state index is 13.3. The molecule has 10 heteroatoms. The monoisotopic (exact) mass is 403 g/mol. The third-order valence-electron chi connectivity index (χ3n) is 4.32. The Bertz CT molecular complexity index is 715. The number of carbonyl (C=O) groups excluding carboxylic acids is 1. The van der Waals surface area contributed by atoms with Crippen LogP contribution in [0.1, 0.15) is 10.4 Å². The van der Waals surface area contributed by atoms with Crippen LogP contribution in [0.5, 0.6) is 0 Å². The van der Waals surface area contributed by atoms with Crippen LogP contribution >= 0.6 is 12.4 Å². The molecule has 1 aliphatic rings. The summed E-state index contributed by atoms with van der Waals surface area (Å²) < 4.78 is 41.7. The molecule has 1 aromatic heterocycles. The Balaban J connectivity index is 0.00000261. The first-order valence-electron chi connectivity index (χ1n) is 8.35. The Morgan fingerprint density at radius 3 is 2.44 bits per heavy atom. The molecule has 0 aliphatic carbocycles. The van der Waals surface area contributed by atoms with Crippen molar-refractivity contribution in [3.05, 3.63) is 48.3 Å². The van der Waals surface area contributed by atoms with Crippen LogP contribution in [0, 0.1) is 0 Å². The van der Waals surface area contributed by atoms with Crippen LogP contribution < -0.4 is 10.6 Å². The molecule has 1 aliphatic heterocycles. The molecule has 1 aromatic carbocycles. The molecule has 148 valence electrons. The number of amides is 1. The van der Waals surface area contributed by atoms with Gasteiger partial charge in [-0.2, -0.15) is 18.3 Å². The molecule has 0 saturated carbocycles. The summed E-state index contributed by atoms with van der Waals surface area (Å²) in [6.07, 6.45) is -1.00. The van der Waals surface area contributed by atoms with Gasteiger partial charge in [0.15, 0.2) is 0 Å². The van der Waals surface area contributed by atoms with Gasteiger partial charge in [-0.15, -0.1) is 12.4 Å². The summed E-state index contributed by atoms with van der Waals surface area (Å²) in [6.45, 7) is 1.16. The van der Waals surface area contributed by atoms with E-state index < -0.39 is 24.7 Å². The van der Waals surface area contributed by atoms with E-state index in [9.17, 15) is 18.0 Å². The van der Waals surface area contributed by atoms with Crippen LogP contribution in [0.2, 0.25) is 0 Å². The molecule has 1 amide bonds. The summed E-state index contributed by atoms with van der Waals surface area (Å²) >= 11 is 0. The summed E-state index contributed by atoms with van der Waals surface area (Å²) in [4.78, 5) is 13.6. The zero-order chi connectivity index (χ0) is 18.6. The van der Waals surface area contributed by atoms with Gasteiger partial charge in [0.05, 0.1) is 5.69 Å². The Labute approximate surface area is 161 Å². The first kappa shape index (κ1) is 21.2. The fourth-order valence-electron chi connectivity index (χ4n) is 2.92. The second-order valence-electron chi connectivity index (χ2n) is 6.05. The first-order chi connectivity index (χ1) is 12.4. The Hall–Kier alpha value is -2.10. The van der Waals surface area contributed by atoms with Crippen molar-refractivity contribution >= 4 is 18.3 Å². The van der Waals surface area contributed by atoms with E-state index in [0.717, 1.165) is 5.69 Å². The van der Waals surface area contributed by atoms with Crippen molar-refractivity contribution in [2.24, 2.45) is 0 Å². The molecule has 1 fully saturated rings. The van der Waals surface area contributed by atoms with E-state index in [1.807, 2.05) is 0 Å². The van der Waals surface area contributed by atoms with Crippen molar-refractivity contribution in [2.45, 2.75) is 12.2 Å². The highest BCUT2D eigenvalue weighted by atomic mass is 35.5. The van der Waals surface area contributed by atoms with E-state index in [2.05, 4.69) is 15.7 Å². The second-order valence-corrected chi connectivity index (χ2v) is 6.05. The van der Waals surface area contributed by atoms with Crippen LogP contribution in [0.25, 0.3) is 5.69 Å². The number of hydrogen-bond donors (Lipinski definition) is 2. The van der Waals surface area contributed by atoms with Gasteiger partial charge in [-0.05, 0) is 30.3 Å². The van der Waals surface area contributed by atoms with E-state index in [1.54, 1.807) is 47.4 Å². The smallest absolute Gasteiger partial charge is 0.350 e. The Kier molecular flexibility index (Phi) is 7.23. The van der Waals surface area contributed by atoms with E-state index in [0.29, 0.717) is 31.7 Å². The number of alkyl halides is 3. The number of carbonyl (C=O) groups is 1. The highest BCUT2D eigenvalue weighted by Gasteiger charge is 2.43. The minimum absolute atomic E-state index is 0. The Morgan fingerprint density at radius 1 is 1.22 bits per heavy atom. The third kappa shape index (κ3) is 5.44. The summed E-state index contributed by atoms with van der Waals surface area (Å²) in [6, 6.07) is 6.61. The average Bonchev–Trinajstić information content (AvgIpc) is 3.16. The number of benzene rings is 1. The molecule has 2 heterocycles. The number of nitrogens with one attached hydrogen (secondary N) is 2. The van der Waals surface area contributed by atoms with E-state index >= 15 is 0 Å². The van der Waals surface area contributed by atoms with Crippen LogP contribution in [-0.2, 0) is 0 Å². The molecular formula is C17H21ClF3N5O. The zero-order valence-electron chi connectivity index (χ0n) is 14.4. The SMILES string of the molecule is Cl.O=C(NCC(N1CCNCC1)C(F)(F)F)c1ccc(-n2cccn2)cc1. The van der Waals surface area contributed by atoms with Crippen molar-refractivity contribution in [3.8, 4) is 5.69 Å². The van der Waals surface area contributed by atoms with Gasteiger partial charge >= 0.3 is 6.18 Å². The number of aromatic nitrogens is 2. The third-order valence-corrected chi connectivity index (χ3v) is 4.32. The molecule has 0 radical (unpaired) electrons. The van der Waals surface area contributed by atoms with Crippen molar-refractivity contribution < 1.29 is 18.0 Å². The van der Waals surface area contributed by atoms with Crippen LogP contribution in [0.4, 0.5) is 13.2 Å². The maximum Gasteiger partial charge on any atom is 0.405 e. The fraction of sp³-hybridized carbons (Fsp3) is 0.412. The molecule has 6 nitrogen and oxygen atoms in total. The molecule has 1 atom stereocenters. The lowest BCUT2D eigenvalue weighted by Gasteiger charge is -2.35. The number of piperazine rings is 1. The van der Waals surface area contributed by atoms with Crippen molar-refractivity contribution in [1.82, 2.24) is 25.3 Å². The lowest BCUT2D eigenvalue weighted by molar-refractivity contribution is -0.183. The van der Waals surface area contributed by atoms with Gasteiger partial charge in [0.2, 0.25) is 0 Å². The minimum atomic E-state index is -4.39. The topological polar surface area (TPSA) is 62.2 Å². The fourth-order valence-corrected chi connectivity index (χ4v) is 2.92. The molecule has 1 saturated heterocycles.